The fraction of sp³-hybridized carbons (Fsp3) is 0.500. The monoisotopic (exact) mass is 326 g/mol. The van der Waals surface area contributed by atoms with E-state index in [0.717, 1.165) is 23.1 Å². The molecule has 23 heavy (non-hydrogen) atoms. The van der Waals surface area contributed by atoms with Crippen molar-refractivity contribution in [2.45, 2.75) is 38.8 Å². The zero-order valence-electron chi connectivity index (χ0n) is 13.6. The smallest absolute Gasteiger partial charge is 0.325 e. The summed E-state index contributed by atoms with van der Waals surface area (Å²) in [5, 5.41) is 2.44. The van der Waals surface area contributed by atoms with Crippen LogP contribution in [0.4, 0.5) is 13.6 Å². The van der Waals surface area contributed by atoms with Crippen LogP contribution in [0.25, 0.3) is 0 Å². The number of carbonyl (C=O) groups excluding carboxylic acids is 2. The zero-order chi connectivity index (χ0) is 17.4. The van der Waals surface area contributed by atoms with Crippen LogP contribution in [0, 0.1) is 11.6 Å². The third-order valence-electron chi connectivity index (χ3n) is 3.59. The van der Waals surface area contributed by atoms with E-state index in [2.05, 4.69) is 5.32 Å². The zero-order valence-corrected chi connectivity index (χ0v) is 13.6. The lowest BCUT2D eigenvalue weighted by atomic mass is 9.91. The van der Waals surface area contributed by atoms with Crippen LogP contribution < -0.4 is 5.32 Å². The fourth-order valence-electron chi connectivity index (χ4n) is 2.41. The van der Waals surface area contributed by atoms with Crippen LogP contribution in [-0.2, 0) is 15.1 Å². The lowest BCUT2D eigenvalue weighted by Crippen LogP contribution is -2.42. The predicted octanol–water partition coefficient (Wildman–Crippen LogP) is 2.55. The van der Waals surface area contributed by atoms with E-state index in [1.807, 2.05) is 20.8 Å². The molecule has 0 spiro atoms. The molecule has 0 bridgehead atoms. The van der Waals surface area contributed by atoms with Gasteiger partial charge in [0.15, 0.2) is 0 Å². The summed E-state index contributed by atoms with van der Waals surface area (Å²) in [5.41, 5.74) is -2.24. The van der Waals surface area contributed by atoms with Crippen molar-refractivity contribution in [3.63, 3.8) is 0 Å². The topological polar surface area (TPSA) is 58.6 Å². The second-order valence-corrected chi connectivity index (χ2v) is 6.60. The van der Waals surface area contributed by atoms with Crippen molar-refractivity contribution in [3.8, 4) is 0 Å². The molecule has 1 aromatic carbocycles. The molecule has 1 heterocycles. The highest BCUT2D eigenvalue weighted by molar-refractivity contribution is 6.07. The molecule has 1 aromatic rings. The first-order valence-electron chi connectivity index (χ1n) is 7.28. The number of hydrogen-bond acceptors (Lipinski definition) is 3. The first-order chi connectivity index (χ1) is 10.5. The Bertz CT molecular complexity index is 643. The molecule has 0 aromatic heterocycles. The highest BCUT2D eigenvalue weighted by Gasteiger charge is 2.50. The number of nitrogens with one attached hydrogen (secondary N) is 1. The van der Waals surface area contributed by atoms with Crippen LogP contribution in [0.15, 0.2) is 18.2 Å². The molecule has 1 N–H and O–H groups in total. The highest BCUT2D eigenvalue weighted by Crippen LogP contribution is 2.31. The van der Waals surface area contributed by atoms with Gasteiger partial charge in [-0.1, -0.05) is 0 Å². The lowest BCUT2D eigenvalue weighted by Gasteiger charge is -2.24. The minimum absolute atomic E-state index is 0.0362. The van der Waals surface area contributed by atoms with Crippen LogP contribution >= 0.6 is 0 Å². The first-order valence-corrected chi connectivity index (χ1v) is 7.28. The van der Waals surface area contributed by atoms with Crippen LogP contribution in [0.2, 0.25) is 0 Å². The van der Waals surface area contributed by atoms with Gasteiger partial charge < -0.3 is 10.1 Å². The maximum Gasteiger partial charge on any atom is 0.325 e. The number of ether oxygens (including phenoxy) is 1. The molecule has 1 unspecified atom stereocenters. The maximum atomic E-state index is 14.0. The van der Waals surface area contributed by atoms with E-state index in [0.29, 0.717) is 0 Å². The molecule has 1 aliphatic rings. The molecule has 0 aliphatic carbocycles. The quantitative estimate of drug-likeness (QED) is 0.865. The van der Waals surface area contributed by atoms with Crippen molar-refractivity contribution in [3.05, 3.63) is 35.4 Å². The Balaban J connectivity index is 2.21. The van der Waals surface area contributed by atoms with Gasteiger partial charge >= 0.3 is 6.03 Å². The van der Waals surface area contributed by atoms with Crippen molar-refractivity contribution in [2.24, 2.45) is 0 Å². The van der Waals surface area contributed by atoms with E-state index in [-0.39, 0.29) is 18.7 Å². The van der Waals surface area contributed by atoms with E-state index >= 15 is 0 Å². The second kappa shape index (κ2) is 5.88. The van der Waals surface area contributed by atoms with Gasteiger partial charge in [-0.2, -0.15) is 0 Å². The summed E-state index contributed by atoms with van der Waals surface area (Å²) < 4.78 is 32.9. The van der Waals surface area contributed by atoms with E-state index < -0.39 is 34.7 Å². The van der Waals surface area contributed by atoms with E-state index in [1.54, 1.807) is 0 Å². The third-order valence-corrected chi connectivity index (χ3v) is 3.59. The molecular formula is C16H20F2N2O3. The Morgan fingerprint density at radius 1 is 1.26 bits per heavy atom. The highest BCUT2D eigenvalue weighted by atomic mass is 19.1. The molecule has 5 nitrogen and oxygen atoms in total. The van der Waals surface area contributed by atoms with Crippen molar-refractivity contribution < 1.29 is 23.1 Å². The summed E-state index contributed by atoms with van der Waals surface area (Å²) in [6, 6.07) is 2.15. The summed E-state index contributed by atoms with van der Waals surface area (Å²) in [4.78, 5) is 25.6. The predicted molar refractivity (Wildman–Crippen MR) is 79.7 cm³/mol. The summed E-state index contributed by atoms with van der Waals surface area (Å²) in [6.07, 6.45) is 0. The normalized spacial score (nSPS) is 21.7. The van der Waals surface area contributed by atoms with Crippen molar-refractivity contribution in [1.29, 1.82) is 0 Å². The van der Waals surface area contributed by atoms with Crippen LogP contribution in [0.3, 0.4) is 0 Å². The number of imide groups is 1. The van der Waals surface area contributed by atoms with Crippen LogP contribution in [0.5, 0.6) is 0 Å². The molecule has 0 radical (unpaired) electrons. The minimum atomic E-state index is -1.63. The van der Waals surface area contributed by atoms with Gasteiger partial charge in [0.25, 0.3) is 5.91 Å². The van der Waals surface area contributed by atoms with Crippen molar-refractivity contribution in [1.82, 2.24) is 10.2 Å². The lowest BCUT2D eigenvalue weighted by molar-refractivity contribution is -0.132. The van der Waals surface area contributed by atoms with Gasteiger partial charge in [-0.15, -0.1) is 0 Å². The maximum absolute atomic E-state index is 14.0. The summed E-state index contributed by atoms with van der Waals surface area (Å²) in [5.74, 6) is -2.07. The average Bonchev–Trinajstić information content (AvgIpc) is 2.64. The van der Waals surface area contributed by atoms with Gasteiger partial charge in [0, 0.05) is 5.56 Å². The number of carbonyl (C=O) groups is 2. The molecule has 1 aliphatic heterocycles. The standard InChI is InChI=1S/C16H20F2N2O3/c1-15(2,3)23-8-7-20-13(21)16(4,19-14(20)22)11-9-10(17)5-6-12(11)18/h5-6,9H,7-8H2,1-4H3,(H,19,22). The van der Waals surface area contributed by atoms with Gasteiger partial charge in [-0.05, 0) is 45.9 Å². The van der Waals surface area contributed by atoms with Crippen LogP contribution in [0.1, 0.15) is 33.3 Å². The summed E-state index contributed by atoms with van der Waals surface area (Å²) >= 11 is 0. The number of halogens is 2. The molecule has 1 saturated heterocycles. The summed E-state index contributed by atoms with van der Waals surface area (Å²) in [6.45, 7) is 7.11. The molecule has 0 saturated carbocycles. The first kappa shape index (κ1) is 17.3. The number of nitrogens with zero attached hydrogens (tertiary/aromatic N) is 1. The van der Waals surface area contributed by atoms with Gasteiger partial charge in [-0.3, -0.25) is 9.69 Å². The second-order valence-electron chi connectivity index (χ2n) is 6.60. The molecule has 1 atom stereocenters. The van der Waals surface area contributed by atoms with E-state index in [4.69, 9.17) is 4.74 Å². The molecule has 3 amide bonds. The Morgan fingerprint density at radius 2 is 1.91 bits per heavy atom. The van der Waals surface area contributed by atoms with Gasteiger partial charge in [0.2, 0.25) is 0 Å². The number of amides is 3. The van der Waals surface area contributed by atoms with E-state index in [9.17, 15) is 18.4 Å². The number of urea groups is 1. The third kappa shape index (κ3) is 3.50. The Kier molecular flexibility index (Phi) is 4.43. The average molecular weight is 326 g/mol. The Labute approximate surface area is 133 Å². The molecule has 1 fully saturated rings. The van der Waals surface area contributed by atoms with E-state index in [1.165, 1.54) is 6.92 Å². The SMILES string of the molecule is CC(C)(C)OCCN1C(=O)NC(C)(c2cc(F)ccc2F)C1=O. The molecule has 2 rings (SSSR count). The number of rotatable bonds is 4. The minimum Gasteiger partial charge on any atom is -0.374 e. The van der Waals surface area contributed by atoms with Crippen molar-refractivity contribution in [2.75, 3.05) is 13.2 Å². The number of benzene rings is 1. The van der Waals surface area contributed by atoms with Gasteiger partial charge in [0.1, 0.15) is 17.2 Å². The van der Waals surface area contributed by atoms with Gasteiger partial charge in [-0.25, -0.2) is 13.6 Å². The van der Waals surface area contributed by atoms with Gasteiger partial charge in [0.05, 0.1) is 18.8 Å². The summed E-state index contributed by atoms with van der Waals surface area (Å²) in [7, 11) is 0. The molecule has 126 valence electrons. The molecule has 7 heteroatoms. The molecular weight excluding hydrogens is 306 g/mol. The number of hydrogen-bond donors (Lipinski definition) is 1. The Hall–Kier alpha value is -2.02. The largest absolute Gasteiger partial charge is 0.374 e. The fourth-order valence-corrected chi connectivity index (χ4v) is 2.41. The Morgan fingerprint density at radius 3 is 2.52 bits per heavy atom. The van der Waals surface area contributed by atoms with Crippen LogP contribution in [-0.4, -0.2) is 35.6 Å². The van der Waals surface area contributed by atoms with Crippen molar-refractivity contribution >= 4 is 11.9 Å².